The molecule has 0 unspecified atom stereocenters. The molecule has 8 nitrogen and oxygen atoms in total. The molecule has 0 aliphatic heterocycles. The molecule has 14 heavy (non-hydrogen) atoms. The number of hydrogen-bond donors (Lipinski definition) is 0. The Morgan fingerprint density at radius 3 is 0.643 bits per heavy atom. The molecule has 0 aromatic heterocycles. The number of carboxylic acids is 4. The first-order chi connectivity index (χ1) is 5.29. The van der Waals surface area contributed by atoms with Crippen molar-refractivity contribution in [1.82, 2.24) is 0 Å². The smallest absolute Gasteiger partial charge is 0.543 e. The third kappa shape index (κ3) is 23.1. The molecule has 0 aliphatic rings. The van der Waals surface area contributed by atoms with Crippen LogP contribution < -0.4 is 20.4 Å². The van der Waals surface area contributed by atoms with Gasteiger partial charge in [0.15, 0.2) is 0 Å². The number of carboxylic acid groups (broad SMARTS) is 4. The Morgan fingerprint density at radius 1 is 0.571 bits per heavy atom. The number of rotatable bonds is 0. The zero-order valence-electron chi connectivity index (χ0n) is 6.68. The second-order valence-corrected chi connectivity index (χ2v) is 1.15. The van der Waals surface area contributed by atoms with Gasteiger partial charge in [0.1, 0.15) is 0 Å². The molecule has 0 spiro atoms. The van der Waals surface area contributed by atoms with Crippen LogP contribution in [0.2, 0.25) is 0 Å². The summed E-state index contributed by atoms with van der Waals surface area (Å²) < 4.78 is 0. The van der Waals surface area contributed by atoms with Crippen molar-refractivity contribution in [3.05, 3.63) is 0 Å². The Bertz CT molecular complexity index is 177. The molecule has 0 atom stereocenters. The Hall–Kier alpha value is 0.932. The SMILES string of the molecule is O=C([O-])C(=O)[O-].O=C([O-])C(=O)[O-].[Ba+2].[Sr+2]. The van der Waals surface area contributed by atoms with Crippen LogP contribution in [0.3, 0.4) is 0 Å². The summed E-state index contributed by atoms with van der Waals surface area (Å²) in [5.41, 5.74) is 0. The molecule has 0 aromatic rings. The van der Waals surface area contributed by atoms with Crippen LogP contribution in [-0.2, 0) is 19.2 Å². The number of carbonyl (C=O) groups excluding carboxylic acids is 4. The summed E-state index contributed by atoms with van der Waals surface area (Å²) in [6.07, 6.45) is 0. The summed E-state index contributed by atoms with van der Waals surface area (Å²) in [7, 11) is 0. The predicted molar refractivity (Wildman–Crippen MR) is 31.5 cm³/mol. The van der Waals surface area contributed by atoms with Gasteiger partial charge in [-0.1, -0.05) is 0 Å². The molecule has 0 fully saturated rings. The number of carbonyl (C=O) groups is 4. The molecule has 0 aromatic carbocycles. The molecule has 0 N–H and O–H groups in total. The first-order valence-electron chi connectivity index (χ1n) is 2.13. The monoisotopic (exact) mass is 402 g/mol. The average Bonchev–Trinajstić information content (AvgIpc) is 1.88. The second kappa shape index (κ2) is 13.9. The minimum Gasteiger partial charge on any atom is -0.543 e. The van der Waals surface area contributed by atoms with Crippen LogP contribution in [0, 0.1) is 0 Å². The van der Waals surface area contributed by atoms with Gasteiger partial charge in [-0.25, -0.2) is 0 Å². The molecule has 0 amide bonds. The Labute approximate surface area is 155 Å². The van der Waals surface area contributed by atoms with Gasteiger partial charge in [-0.3, -0.25) is 0 Å². The molecule has 0 saturated carbocycles. The molecule has 0 heterocycles. The molecule has 0 aliphatic carbocycles. The van der Waals surface area contributed by atoms with Crippen molar-refractivity contribution in [3.63, 3.8) is 0 Å². The van der Waals surface area contributed by atoms with E-state index in [4.69, 9.17) is 39.6 Å². The van der Waals surface area contributed by atoms with Gasteiger partial charge in [-0.2, -0.15) is 0 Å². The van der Waals surface area contributed by atoms with Gasteiger partial charge < -0.3 is 39.6 Å². The third-order valence-corrected chi connectivity index (χ3v) is 0.333. The Balaban J connectivity index is -0.0000000625. The van der Waals surface area contributed by atoms with E-state index in [0.29, 0.717) is 0 Å². The van der Waals surface area contributed by atoms with Gasteiger partial charge >= 0.3 is 94.4 Å². The minimum atomic E-state index is -2.19. The molecule has 10 heteroatoms. The standard InChI is InChI=1S/2C2H2O4.Ba.Sr/c2*3-1(4)2(5)6;;/h2*(H,3,4)(H,5,6);;/q;;2*+2/p-4. The van der Waals surface area contributed by atoms with Crippen LogP contribution in [0.25, 0.3) is 0 Å². The maximum Gasteiger partial charge on any atom is 2.00 e. The molecular weight excluding hydrogens is 401 g/mol. The molecule has 0 radical (unpaired) electrons. The largest absolute Gasteiger partial charge is 2.00 e. The Morgan fingerprint density at radius 2 is 0.643 bits per heavy atom. The third-order valence-electron chi connectivity index (χ3n) is 0.333. The van der Waals surface area contributed by atoms with E-state index in [1.54, 1.807) is 0 Å². The van der Waals surface area contributed by atoms with E-state index in [0.717, 1.165) is 0 Å². The maximum absolute atomic E-state index is 8.93. The van der Waals surface area contributed by atoms with Crippen molar-refractivity contribution in [2.24, 2.45) is 0 Å². The van der Waals surface area contributed by atoms with Gasteiger partial charge in [0.25, 0.3) is 0 Å². The van der Waals surface area contributed by atoms with Crippen LogP contribution in [-0.4, -0.2) is 118 Å². The van der Waals surface area contributed by atoms with Crippen molar-refractivity contribution in [1.29, 1.82) is 0 Å². The van der Waals surface area contributed by atoms with Crippen LogP contribution >= 0.6 is 0 Å². The predicted octanol–water partition coefficient (Wildman–Crippen LogP) is -7.79. The average molecular weight is 401 g/mol. The normalized spacial score (nSPS) is 6.29. The quantitative estimate of drug-likeness (QED) is 0.286. The first-order valence-corrected chi connectivity index (χ1v) is 2.13. The van der Waals surface area contributed by atoms with E-state index in [1.807, 2.05) is 0 Å². The summed E-state index contributed by atoms with van der Waals surface area (Å²) in [4.78, 5) is 35.7. The van der Waals surface area contributed by atoms with E-state index >= 15 is 0 Å². The molecule has 0 saturated heterocycles. The molecular formula is C4BaO8Sr. The van der Waals surface area contributed by atoms with Crippen molar-refractivity contribution in [2.75, 3.05) is 0 Å². The van der Waals surface area contributed by atoms with E-state index in [9.17, 15) is 0 Å². The summed E-state index contributed by atoms with van der Waals surface area (Å²) in [5.74, 6) is -8.74. The zero-order chi connectivity index (χ0) is 10.3. The zero-order valence-corrected chi connectivity index (χ0v) is 14.6. The van der Waals surface area contributed by atoms with Crippen LogP contribution in [0.5, 0.6) is 0 Å². The van der Waals surface area contributed by atoms with E-state index in [-0.39, 0.29) is 94.4 Å². The Kier molecular flexibility index (Phi) is 24.1. The molecule has 68 valence electrons. The summed E-state index contributed by atoms with van der Waals surface area (Å²) >= 11 is 0. The van der Waals surface area contributed by atoms with E-state index in [1.165, 1.54) is 0 Å². The van der Waals surface area contributed by atoms with Gasteiger partial charge in [0.05, 0.1) is 23.9 Å². The van der Waals surface area contributed by atoms with Gasteiger partial charge in [0.2, 0.25) is 0 Å². The van der Waals surface area contributed by atoms with Crippen LogP contribution in [0.4, 0.5) is 0 Å². The molecule has 0 bridgehead atoms. The fourth-order valence-corrected chi connectivity index (χ4v) is 0. The van der Waals surface area contributed by atoms with Gasteiger partial charge in [0, 0.05) is 0 Å². The number of hydrogen-bond acceptors (Lipinski definition) is 8. The number of aliphatic carboxylic acids is 4. The summed E-state index contributed by atoms with van der Waals surface area (Å²) in [6, 6.07) is 0. The summed E-state index contributed by atoms with van der Waals surface area (Å²) in [6.45, 7) is 0. The van der Waals surface area contributed by atoms with Crippen molar-refractivity contribution in [3.8, 4) is 0 Å². The molecule has 0 rings (SSSR count). The van der Waals surface area contributed by atoms with Gasteiger partial charge in [-0.15, -0.1) is 0 Å². The van der Waals surface area contributed by atoms with Crippen LogP contribution in [0.1, 0.15) is 0 Å². The van der Waals surface area contributed by atoms with Crippen molar-refractivity contribution >= 4 is 118 Å². The van der Waals surface area contributed by atoms with E-state index in [2.05, 4.69) is 0 Å². The van der Waals surface area contributed by atoms with Crippen molar-refractivity contribution in [2.45, 2.75) is 0 Å². The maximum atomic E-state index is 8.93. The summed E-state index contributed by atoms with van der Waals surface area (Å²) in [5, 5.41) is 35.7. The first kappa shape index (κ1) is 24.3. The van der Waals surface area contributed by atoms with Crippen molar-refractivity contribution < 1.29 is 39.6 Å². The fraction of sp³-hybridized carbons (Fsp3) is 0. The van der Waals surface area contributed by atoms with E-state index < -0.39 is 23.9 Å². The topological polar surface area (TPSA) is 161 Å². The minimum absolute atomic E-state index is 0. The fourth-order valence-electron chi connectivity index (χ4n) is 0. The van der Waals surface area contributed by atoms with Crippen LogP contribution in [0.15, 0.2) is 0 Å². The second-order valence-electron chi connectivity index (χ2n) is 1.15. The van der Waals surface area contributed by atoms with Gasteiger partial charge in [-0.05, 0) is 0 Å².